The zero-order chi connectivity index (χ0) is 28.1. The van der Waals surface area contributed by atoms with Gasteiger partial charge in [0.25, 0.3) is 0 Å². The summed E-state index contributed by atoms with van der Waals surface area (Å²) in [6.07, 6.45) is 11.6. The van der Waals surface area contributed by atoms with E-state index >= 15 is 0 Å². The molecule has 3 saturated carbocycles. The molecule has 1 aliphatic heterocycles. The lowest BCUT2D eigenvalue weighted by molar-refractivity contribution is -0.178. The van der Waals surface area contributed by atoms with E-state index in [2.05, 4.69) is 37.0 Å². The lowest BCUT2D eigenvalue weighted by Crippen LogP contribution is -2.67. The second-order valence-corrected chi connectivity index (χ2v) is 14.2. The molecule has 1 aromatic rings. The number of allylic oxidation sites excluding steroid dienone is 4. The number of hydrogen-bond acceptors (Lipinski definition) is 5. The molecule has 0 aromatic heterocycles. The number of carbonyl (C=O) groups excluding carboxylic acids is 1. The first-order valence-corrected chi connectivity index (χ1v) is 15.1. The molecule has 7 aliphatic rings. The second kappa shape index (κ2) is 8.79. The van der Waals surface area contributed by atoms with Gasteiger partial charge in [-0.2, -0.15) is 0 Å². The van der Waals surface area contributed by atoms with Crippen LogP contribution in [0, 0.1) is 45.1 Å². The summed E-state index contributed by atoms with van der Waals surface area (Å²) in [5, 5.41) is 23.2. The van der Waals surface area contributed by atoms with Crippen LogP contribution in [0.2, 0.25) is 0 Å². The standard InChI is InChI=1S/C33H41F2NO4/c1-29-8-5-22(37)18-31(29)11-12-33(23(19-31)28(38)21-3-4-24(34)25(35)17-21)26(29)6-9-30(2)27(33)7-10-32(30,39)20-36-13-15-40-16-14-36/h3-4,11-12,17,19,22,26-27,37,39H,5-10,13-16,18,20H2,1-2H3/t22?,26-,27-,29-,30+,31+,32-,33-/m1/s1. The van der Waals surface area contributed by atoms with Crippen molar-refractivity contribution in [3.05, 3.63) is 59.2 Å². The Morgan fingerprint density at radius 2 is 1.70 bits per heavy atom. The zero-order valence-corrected chi connectivity index (χ0v) is 23.6. The fraction of sp³-hybridized carbons (Fsp3) is 0.667. The predicted molar refractivity (Wildman–Crippen MR) is 147 cm³/mol. The van der Waals surface area contributed by atoms with Gasteiger partial charge in [-0.3, -0.25) is 9.69 Å². The molecule has 2 N–H and O–H groups in total. The number of carbonyl (C=O) groups is 1. The summed E-state index contributed by atoms with van der Waals surface area (Å²) in [7, 11) is 0. The predicted octanol–water partition coefficient (Wildman–Crippen LogP) is 5.07. The number of rotatable bonds is 4. The van der Waals surface area contributed by atoms with Gasteiger partial charge in [0.1, 0.15) is 0 Å². The Bertz CT molecular complexity index is 1310. The molecule has 1 aromatic carbocycles. The molecule has 6 aliphatic carbocycles. The average Bonchev–Trinajstić information content (AvgIpc) is 3.20. The van der Waals surface area contributed by atoms with Crippen molar-refractivity contribution in [2.24, 2.45) is 33.5 Å². The Labute approximate surface area is 235 Å². The van der Waals surface area contributed by atoms with Crippen LogP contribution in [0.5, 0.6) is 0 Å². The van der Waals surface area contributed by atoms with Gasteiger partial charge < -0.3 is 14.9 Å². The molecule has 4 fully saturated rings. The molecule has 40 heavy (non-hydrogen) atoms. The molecular formula is C33H41F2NO4. The summed E-state index contributed by atoms with van der Waals surface area (Å²) in [4.78, 5) is 16.7. The number of aliphatic hydroxyl groups excluding tert-OH is 1. The minimum Gasteiger partial charge on any atom is -0.393 e. The number of hydrogen-bond donors (Lipinski definition) is 2. The normalized spacial score (nSPS) is 46.0. The number of Topliss-reactive ketones (excluding diaryl/α,β-unsaturated/α-hetero) is 1. The Kier molecular flexibility index (Phi) is 5.92. The maximum atomic E-state index is 14.4. The lowest BCUT2D eigenvalue weighted by Gasteiger charge is -2.71. The number of ether oxygens (including phenoxy) is 1. The molecule has 7 heteroatoms. The van der Waals surface area contributed by atoms with E-state index in [1.807, 2.05) is 0 Å². The van der Waals surface area contributed by atoms with Crippen LogP contribution in [0.4, 0.5) is 8.78 Å². The fourth-order valence-corrected chi connectivity index (χ4v) is 10.5. The second-order valence-electron chi connectivity index (χ2n) is 14.2. The third-order valence-electron chi connectivity index (χ3n) is 12.7. The number of ketones is 1. The minimum atomic E-state index is -1.03. The Balaban J connectivity index is 1.36. The van der Waals surface area contributed by atoms with Gasteiger partial charge in [-0.25, -0.2) is 8.78 Å². The van der Waals surface area contributed by atoms with Crippen molar-refractivity contribution in [2.45, 2.75) is 70.5 Å². The van der Waals surface area contributed by atoms with E-state index in [1.54, 1.807) is 0 Å². The number of morpholine rings is 1. The van der Waals surface area contributed by atoms with Gasteiger partial charge in [-0.05, 0) is 80.4 Å². The highest BCUT2D eigenvalue weighted by Gasteiger charge is 2.74. The van der Waals surface area contributed by atoms with Crippen molar-refractivity contribution in [3.8, 4) is 0 Å². The zero-order valence-electron chi connectivity index (χ0n) is 23.6. The van der Waals surface area contributed by atoms with Crippen LogP contribution in [0.15, 0.2) is 42.0 Å². The number of fused-ring (bicyclic) bond motifs is 1. The van der Waals surface area contributed by atoms with Gasteiger partial charge in [0, 0.05) is 47.0 Å². The van der Waals surface area contributed by atoms with Crippen molar-refractivity contribution in [3.63, 3.8) is 0 Å². The maximum Gasteiger partial charge on any atom is 0.189 e. The van der Waals surface area contributed by atoms with Crippen LogP contribution in [-0.4, -0.2) is 65.4 Å². The summed E-state index contributed by atoms with van der Waals surface area (Å²) in [6, 6.07) is 3.44. The van der Waals surface area contributed by atoms with Gasteiger partial charge in [0.2, 0.25) is 0 Å². The summed E-state index contributed by atoms with van der Waals surface area (Å²) >= 11 is 0. The van der Waals surface area contributed by atoms with Crippen LogP contribution in [0.25, 0.3) is 0 Å². The molecule has 1 heterocycles. The summed E-state index contributed by atoms with van der Waals surface area (Å²) in [5.74, 6) is -2.06. The van der Waals surface area contributed by atoms with Gasteiger partial charge in [-0.1, -0.05) is 32.1 Å². The molecular weight excluding hydrogens is 512 g/mol. The molecule has 2 spiro atoms. The highest BCUT2D eigenvalue weighted by molar-refractivity contribution is 6.10. The topological polar surface area (TPSA) is 70.0 Å². The quantitative estimate of drug-likeness (QED) is 0.403. The number of benzene rings is 1. The van der Waals surface area contributed by atoms with E-state index in [-0.39, 0.29) is 28.6 Å². The number of β-amino-alcohol motifs (C(OH)–C–C–N with tert-alkyl or cyclic N) is 1. The molecule has 1 unspecified atom stereocenters. The van der Waals surface area contributed by atoms with Crippen LogP contribution in [0.1, 0.15) is 69.2 Å². The van der Waals surface area contributed by atoms with E-state index < -0.39 is 39.6 Å². The first-order chi connectivity index (χ1) is 19.0. The Morgan fingerprint density at radius 1 is 1.00 bits per heavy atom. The van der Waals surface area contributed by atoms with Crippen LogP contribution < -0.4 is 0 Å². The van der Waals surface area contributed by atoms with E-state index in [1.165, 1.54) is 6.07 Å². The highest BCUT2D eigenvalue weighted by atomic mass is 19.2. The largest absolute Gasteiger partial charge is 0.393 e. The first kappa shape index (κ1) is 26.9. The molecule has 0 radical (unpaired) electrons. The SMILES string of the molecule is C[C@]12CC[C@H]3[C@]4(C=C[C@@]5(C=C4C(=O)c4ccc(F)c(F)c4)CC(O)CC[C@]35C)[C@@H]1CC[C@@]2(O)CN1CCOCC1. The molecule has 2 bridgehead atoms. The van der Waals surface area contributed by atoms with E-state index in [4.69, 9.17) is 4.74 Å². The van der Waals surface area contributed by atoms with Gasteiger partial charge in [0.05, 0.1) is 24.9 Å². The van der Waals surface area contributed by atoms with Gasteiger partial charge >= 0.3 is 0 Å². The Morgan fingerprint density at radius 3 is 2.45 bits per heavy atom. The highest BCUT2D eigenvalue weighted by Crippen LogP contribution is 2.78. The van der Waals surface area contributed by atoms with E-state index in [9.17, 15) is 23.8 Å². The van der Waals surface area contributed by atoms with Crippen LogP contribution in [-0.2, 0) is 4.74 Å². The maximum absolute atomic E-state index is 14.4. The average molecular weight is 554 g/mol. The number of nitrogens with zero attached hydrogens (tertiary/aromatic N) is 1. The fourth-order valence-electron chi connectivity index (χ4n) is 10.5. The molecule has 8 rings (SSSR count). The third kappa shape index (κ3) is 3.35. The third-order valence-corrected chi connectivity index (χ3v) is 12.7. The van der Waals surface area contributed by atoms with Crippen molar-refractivity contribution < 1.29 is 28.5 Å². The summed E-state index contributed by atoms with van der Waals surface area (Å²) in [6.45, 7) is 8.12. The lowest BCUT2D eigenvalue weighted by atomic mass is 9.32. The van der Waals surface area contributed by atoms with E-state index in [0.29, 0.717) is 38.2 Å². The van der Waals surface area contributed by atoms with Crippen LogP contribution >= 0.6 is 0 Å². The number of aliphatic hydroxyl groups is 2. The smallest absolute Gasteiger partial charge is 0.189 e. The number of halogens is 2. The summed E-state index contributed by atoms with van der Waals surface area (Å²) in [5.41, 5.74) is -1.70. The van der Waals surface area contributed by atoms with Crippen LogP contribution in [0.3, 0.4) is 0 Å². The molecule has 8 atom stereocenters. The molecule has 5 nitrogen and oxygen atoms in total. The molecule has 1 saturated heterocycles. The van der Waals surface area contributed by atoms with Crippen molar-refractivity contribution >= 4 is 5.78 Å². The van der Waals surface area contributed by atoms with Crippen molar-refractivity contribution in [2.75, 3.05) is 32.8 Å². The van der Waals surface area contributed by atoms with Crippen molar-refractivity contribution in [1.82, 2.24) is 4.90 Å². The van der Waals surface area contributed by atoms with Gasteiger partial charge in [0.15, 0.2) is 17.4 Å². The van der Waals surface area contributed by atoms with E-state index in [0.717, 1.165) is 57.3 Å². The molecule has 0 amide bonds. The molecule has 216 valence electrons. The Hall–Kier alpha value is -1.93. The summed E-state index contributed by atoms with van der Waals surface area (Å²) < 4.78 is 33.8. The van der Waals surface area contributed by atoms with Crippen molar-refractivity contribution in [1.29, 1.82) is 0 Å². The monoisotopic (exact) mass is 553 g/mol. The minimum absolute atomic E-state index is 0.0310. The van der Waals surface area contributed by atoms with Gasteiger partial charge in [-0.15, -0.1) is 0 Å². The first-order valence-electron chi connectivity index (χ1n) is 15.1.